The van der Waals surface area contributed by atoms with E-state index in [1.165, 1.54) is 24.9 Å². The van der Waals surface area contributed by atoms with Crippen LogP contribution in [0.1, 0.15) is 33.1 Å². The summed E-state index contributed by atoms with van der Waals surface area (Å²) in [5, 5.41) is 3.11. The van der Waals surface area contributed by atoms with Crippen molar-refractivity contribution in [3.05, 3.63) is 18.3 Å². The molecule has 17 heavy (non-hydrogen) atoms. The fraction of sp³-hybridized carbons (Fsp3) is 0.643. The molecule has 0 aromatic carbocycles. The summed E-state index contributed by atoms with van der Waals surface area (Å²) >= 11 is 0. The number of hydrogen-bond acceptors (Lipinski definition) is 3. The lowest BCUT2D eigenvalue weighted by molar-refractivity contribution is 0.571. The maximum absolute atomic E-state index is 4.28. The summed E-state index contributed by atoms with van der Waals surface area (Å²) in [7, 11) is 1.92. The third-order valence-corrected chi connectivity index (χ3v) is 3.27. The van der Waals surface area contributed by atoms with E-state index in [0.717, 1.165) is 24.3 Å². The lowest BCUT2D eigenvalue weighted by atomic mass is 10.1. The molecular formula is C14H23N3. The quantitative estimate of drug-likeness (QED) is 0.818. The highest BCUT2D eigenvalue weighted by molar-refractivity contribution is 5.55. The van der Waals surface area contributed by atoms with Crippen molar-refractivity contribution in [2.75, 3.05) is 23.8 Å². The van der Waals surface area contributed by atoms with Crippen molar-refractivity contribution in [3.8, 4) is 0 Å². The molecule has 1 N–H and O–H groups in total. The maximum Gasteiger partial charge on any atom is 0.127 e. The molecule has 0 unspecified atom stereocenters. The highest BCUT2D eigenvalue weighted by atomic mass is 15.2. The molecule has 1 saturated carbocycles. The maximum atomic E-state index is 4.28. The highest BCUT2D eigenvalue weighted by Crippen LogP contribution is 2.32. The van der Waals surface area contributed by atoms with Crippen LogP contribution in [0.4, 0.5) is 11.5 Å². The van der Waals surface area contributed by atoms with Gasteiger partial charge in [0.2, 0.25) is 0 Å². The Balaban J connectivity index is 2.08. The number of hydrogen-bond donors (Lipinski definition) is 1. The minimum absolute atomic E-state index is 0.765. The lowest BCUT2D eigenvalue weighted by Gasteiger charge is -2.25. The lowest BCUT2D eigenvalue weighted by Crippen LogP contribution is -2.27. The van der Waals surface area contributed by atoms with E-state index < -0.39 is 0 Å². The van der Waals surface area contributed by atoms with Crippen LogP contribution in [0.2, 0.25) is 0 Å². The van der Waals surface area contributed by atoms with Crippen LogP contribution in [0.15, 0.2) is 18.3 Å². The van der Waals surface area contributed by atoms with Crippen molar-refractivity contribution in [1.29, 1.82) is 0 Å². The fourth-order valence-electron chi connectivity index (χ4n) is 2.04. The van der Waals surface area contributed by atoms with Gasteiger partial charge in [0, 0.05) is 37.6 Å². The van der Waals surface area contributed by atoms with Gasteiger partial charge in [-0.3, -0.25) is 0 Å². The second kappa shape index (κ2) is 5.39. The molecule has 2 rings (SSSR count). The third kappa shape index (κ3) is 3.35. The summed E-state index contributed by atoms with van der Waals surface area (Å²) in [6.07, 6.45) is 5.84. The number of aromatic nitrogens is 1. The van der Waals surface area contributed by atoms with Gasteiger partial charge in [0.1, 0.15) is 5.82 Å². The molecule has 0 bridgehead atoms. The Morgan fingerprint density at radius 3 is 2.82 bits per heavy atom. The van der Waals surface area contributed by atoms with E-state index in [2.05, 4.69) is 41.2 Å². The Bertz CT molecular complexity index is 358. The number of anilines is 2. The molecule has 1 aromatic rings. The van der Waals surface area contributed by atoms with E-state index in [-0.39, 0.29) is 0 Å². The predicted octanol–water partition coefficient (Wildman–Crippen LogP) is 3.14. The van der Waals surface area contributed by atoms with Crippen LogP contribution in [0.25, 0.3) is 0 Å². The largest absolute Gasteiger partial charge is 0.373 e. The fourth-order valence-corrected chi connectivity index (χ4v) is 2.04. The van der Waals surface area contributed by atoms with Crippen molar-refractivity contribution < 1.29 is 0 Å². The average Bonchev–Trinajstić information content (AvgIpc) is 3.14. The first-order chi connectivity index (χ1) is 8.20. The SMILES string of the molecule is CNc1cc(N(CCC(C)C)C2CC2)ccn1. The summed E-state index contributed by atoms with van der Waals surface area (Å²) in [5.41, 5.74) is 1.31. The summed E-state index contributed by atoms with van der Waals surface area (Å²) < 4.78 is 0. The van der Waals surface area contributed by atoms with E-state index in [0.29, 0.717) is 0 Å². The van der Waals surface area contributed by atoms with Crippen molar-refractivity contribution in [3.63, 3.8) is 0 Å². The minimum Gasteiger partial charge on any atom is -0.373 e. The van der Waals surface area contributed by atoms with Gasteiger partial charge in [-0.25, -0.2) is 4.98 Å². The minimum atomic E-state index is 0.765. The van der Waals surface area contributed by atoms with Crippen molar-refractivity contribution in [2.24, 2.45) is 5.92 Å². The van der Waals surface area contributed by atoms with E-state index in [1.807, 2.05) is 13.2 Å². The van der Waals surface area contributed by atoms with Gasteiger partial charge < -0.3 is 10.2 Å². The second-order valence-corrected chi connectivity index (χ2v) is 5.26. The van der Waals surface area contributed by atoms with Gasteiger partial charge in [0.15, 0.2) is 0 Å². The summed E-state index contributed by atoms with van der Waals surface area (Å²) in [5.74, 6) is 1.72. The van der Waals surface area contributed by atoms with Gasteiger partial charge in [0.05, 0.1) is 0 Å². The molecule has 1 aromatic heterocycles. The Hall–Kier alpha value is -1.25. The molecular weight excluding hydrogens is 210 g/mol. The molecule has 0 atom stereocenters. The van der Waals surface area contributed by atoms with Gasteiger partial charge in [-0.1, -0.05) is 13.8 Å². The van der Waals surface area contributed by atoms with Crippen molar-refractivity contribution >= 4 is 11.5 Å². The van der Waals surface area contributed by atoms with E-state index in [4.69, 9.17) is 0 Å². The number of pyridine rings is 1. The van der Waals surface area contributed by atoms with E-state index >= 15 is 0 Å². The monoisotopic (exact) mass is 233 g/mol. The third-order valence-electron chi connectivity index (χ3n) is 3.27. The Kier molecular flexibility index (Phi) is 3.87. The van der Waals surface area contributed by atoms with Crippen molar-refractivity contribution in [2.45, 2.75) is 39.2 Å². The van der Waals surface area contributed by atoms with Gasteiger partial charge in [-0.2, -0.15) is 0 Å². The summed E-state index contributed by atoms with van der Waals surface area (Å²) in [4.78, 5) is 6.82. The first-order valence-corrected chi connectivity index (χ1v) is 6.61. The van der Waals surface area contributed by atoms with Crippen molar-refractivity contribution in [1.82, 2.24) is 4.98 Å². The van der Waals surface area contributed by atoms with Gasteiger partial charge in [0.25, 0.3) is 0 Å². The predicted molar refractivity (Wildman–Crippen MR) is 73.6 cm³/mol. The molecule has 0 saturated heterocycles. The van der Waals surface area contributed by atoms with Crippen LogP contribution in [0, 0.1) is 5.92 Å². The summed E-state index contributed by atoms with van der Waals surface area (Å²) in [6, 6.07) is 5.04. The molecule has 3 heteroatoms. The average molecular weight is 233 g/mol. The van der Waals surface area contributed by atoms with Crippen LogP contribution in [-0.4, -0.2) is 24.6 Å². The normalized spacial score (nSPS) is 15.1. The molecule has 1 aliphatic carbocycles. The first kappa shape index (κ1) is 12.2. The molecule has 3 nitrogen and oxygen atoms in total. The molecule has 1 fully saturated rings. The molecule has 0 amide bonds. The number of nitrogens with one attached hydrogen (secondary N) is 1. The zero-order valence-corrected chi connectivity index (χ0v) is 11.1. The highest BCUT2D eigenvalue weighted by Gasteiger charge is 2.29. The molecule has 94 valence electrons. The topological polar surface area (TPSA) is 28.2 Å². The van der Waals surface area contributed by atoms with Gasteiger partial charge in [-0.15, -0.1) is 0 Å². The standard InChI is InChI=1S/C14H23N3/c1-11(2)7-9-17(12-4-5-12)13-6-8-16-14(10-13)15-3/h6,8,10-12H,4-5,7,9H2,1-3H3,(H,15,16). The van der Waals surface area contributed by atoms with Crippen LogP contribution >= 0.6 is 0 Å². The van der Waals surface area contributed by atoms with Crippen LogP contribution in [0.3, 0.4) is 0 Å². The zero-order chi connectivity index (χ0) is 12.3. The summed E-state index contributed by atoms with van der Waals surface area (Å²) in [6.45, 7) is 5.74. The van der Waals surface area contributed by atoms with Gasteiger partial charge in [-0.05, 0) is 31.2 Å². The van der Waals surface area contributed by atoms with E-state index in [1.54, 1.807) is 0 Å². The van der Waals surface area contributed by atoms with Crippen LogP contribution in [-0.2, 0) is 0 Å². The second-order valence-electron chi connectivity index (χ2n) is 5.26. The van der Waals surface area contributed by atoms with Gasteiger partial charge >= 0.3 is 0 Å². The Labute approximate surface area is 104 Å². The molecule has 1 heterocycles. The van der Waals surface area contributed by atoms with Crippen LogP contribution < -0.4 is 10.2 Å². The number of rotatable bonds is 6. The van der Waals surface area contributed by atoms with E-state index in [9.17, 15) is 0 Å². The Morgan fingerprint density at radius 1 is 1.47 bits per heavy atom. The Morgan fingerprint density at radius 2 is 2.24 bits per heavy atom. The molecule has 0 radical (unpaired) electrons. The molecule has 0 aliphatic heterocycles. The first-order valence-electron chi connectivity index (χ1n) is 6.61. The number of nitrogens with zero attached hydrogens (tertiary/aromatic N) is 2. The van der Waals surface area contributed by atoms with Crippen LogP contribution in [0.5, 0.6) is 0 Å². The zero-order valence-electron chi connectivity index (χ0n) is 11.1. The molecule has 0 spiro atoms. The molecule has 1 aliphatic rings. The smallest absolute Gasteiger partial charge is 0.127 e.